The third-order valence-corrected chi connectivity index (χ3v) is 12.7. The maximum Gasteiger partial charge on any atom is 0.490 e. The molecule has 0 aliphatic carbocycles. The number of amides is 1. The van der Waals surface area contributed by atoms with E-state index in [9.17, 15) is 27.6 Å². The van der Waals surface area contributed by atoms with Crippen LogP contribution < -0.4 is 5.32 Å². The Morgan fingerprint density at radius 1 is 0.466 bits per heavy atom. The van der Waals surface area contributed by atoms with Crippen LogP contribution in [0.4, 0.5) is 0 Å². The number of phosphoric acid groups is 5. The minimum Gasteiger partial charge on any atom is -0.382 e. The Hall–Kier alpha value is -0.140. The number of carbonyl (C=O) groups is 1. The predicted molar refractivity (Wildman–Crippen MR) is 203 cm³/mol. The molecule has 0 aliphatic rings. The van der Waals surface area contributed by atoms with Gasteiger partial charge in [0.2, 0.25) is 5.91 Å². The van der Waals surface area contributed by atoms with Crippen LogP contribution in [0.15, 0.2) is 0 Å². The first-order chi connectivity index (χ1) is 26.7. The molecule has 0 rings (SSSR count). The van der Waals surface area contributed by atoms with Gasteiger partial charge in [0.1, 0.15) is 0 Å². The van der Waals surface area contributed by atoms with Crippen LogP contribution in [0.1, 0.15) is 53.4 Å². The number of nitrogens with one attached hydrogen (secondary N) is 1. The minimum absolute atomic E-state index is 0. The van der Waals surface area contributed by atoms with Crippen molar-refractivity contribution in [1.82, 2.24) is 5.32 Å². The van der Waals surface area contributed by atoms with Crippen LogP contribution in [0.5, 0.6) is 0 Å². The number of rotatable bonds is 39. The average Bonchev–Trinajstić information content (AvgIpc) is 3.06. The molecule has 0 spiro atoms. The molecule has 0 radical (unpaired) electrons. The van der Waals surface area contributed by atoms with E-state index in [1.54, 1.807) is 14.0 Å². The van der Waals surface area contributed by atoms with Crippen molar-refractivity contribution in [1.29, 1.82) is 0 Å². The lowest BCUT2D eigenvalue weighted by molar-refractivity contribution is -0.122. The minimum atomic E-state index is -6.05. The average molecular weight is 958 g/mol. The molecule has 0 aromatic rings. The second kappa shape index (κ2) is 37.4. The highest BCUT2D eigenvalue weighted by Crippen LogP contribution is 2.73. The van der Waals surface area contributed by atoms with Gasteiger partial charge in [0.25, 0.3) is 0 Å². The number of carbonyl (C=O) groups excluding carboxylic acids is 1. The third-order valence-electron chi connectivity index (χ3n) is 5.57. The Morgan fingerprint density at radius 2 is 0.793 bits per heavy atom. The molecule has 0 bridgehead atoms. The van der Waals surface area contributed by atoms with Crippen LogP contribution >= 0.6 is 39.1 Å². The van der Waals surface area contributed by atoms with Gasteiger partial charge in [-0.15, -0.1) is 0 Å². The normalized spacial score (nSPS) is 15.8. The maximum atomic E-state index is 11.5. The highest BCUT2D eigenvalue weighted by Gasteiger charge is 2.47. The van der Waals surface area contributed by atoms with Crippen LogP contribution in [0.3, 0.4) is 0 Å². The maximum absolute atomic E-state index is 11.5. The zero-order chi connectivity index (χ0) is 43.5. The molecule has 1 amide bonds. The van der Waals surface area contributed by atoms with Gasteiger partial charge in [0.05, 0.1) is 106 Å². The predicted octanol–water partition coefficient (Wildman–Crippen LogP) is 3.06. The Kier molecular flexibility index (Phi) is 40.1. The van der Waals surface area contributed by atoms with Gasteiger partial charge in [-0.05, 0) is 12.8 Å². The molecule has 0 saturated carbocycles. The fraction of sp³-hybridized carbons (Fsp3) is 0.963. The Labute approximate surface area is 339 Å². The summed E-state index contributed by atoms with van der Waals surface area (Å²) in [6, 6.07) is 0. The second-order valence-corrected chi connectivity index (χ2v) is 18.2. The van der Waals surface area contributed by atoms with Gasteiger partial charge in [-0.1, -0.05) is 34.1 Å². The van der Waals surface area contributed by atoms with E-state index in [2.05, 4.69) is 34.0 Å². The molecule has 4 atom stereocenters. The van der Waals surface area contributed by atoms with Crippen LogP contribution in [0.2, 0.25) is 0 Å². The van der Waals surface area contributed by atoms with E-state index in [0.29, 0.717) is 112 Å². The largest absolute Gasteiger partial charge is 0.490 e. The molecule has 0 saturated heterocycles. The highest BCUT2D eigenvalue weighted by molar-refractivity contribution is 7.71. The van der Waals surface area contributed by atoms with Gasteiger partial charge in [0.15, 0.2) is 0 Å². The molecular weight excluding hydrogens is 893 g/mol. The number of hydrogen-bond donors (Lipinski definition) is 7. The summed E-state index contributed by atoms with van der Waals surface area (Å²) in [6.07, 6.45) is 3.23. The summed E-state index contributed by atoms with van der Waals surface area (Å²) >= 11 is 0. The summed E-state index contributed by atoms with van der Waals surface area (Å²) in [4.78, 5) is 64.1. The van der Waals surface area contributed by atoms with E-state index in [-0.39, 0.29) is 26.4 Å². The first kappa shape index (κ1) is 62.2. The number of methoxy groups -OCH3 is 1. The van der Waals surface area contributed by atoms with E-state index < -0.39 is 39.1 Å². The third kappa shape index (κ3) is 46.9. The van der Waals surface area contributed by atoms with Crippen LogP contribution in [-0.4, -0.2) is 155 Å². The Morgan fingerprint density at radius 3 is 1.14 bits per heavy atom. The van der Waals surface area contributed by atoms with E-state index in [4.69, 9.17) is 67.3 Å². The fourth-order valence-corrected chi connectivity index (χ4v) is 9.06. The number of phosphoric ester groups is 1. The second-order valence-electron chi connectivity index (χ2n) is 10.6. The zero-order valence-corrected chi connectivity index (χ0v) is 36.7. The topological polar surface area (TPSA) is 356 Å². The molecule has 26 nitrogen and oxygen atoms in total. The molecule has 352 valence electrons. The van der Waals surface area contributed by atoms with Crippen molar-refractivity contribution in [2.75, 3.05) is 119 Å². The van der Waals surface area contributed by atoms with Crippen molar-refractivity contribution in [2.45, 2.75) is 53.4 Å². The standard InChI is InChI=1S/C22H45NO9.C4H15O16P5.CH4/c1-3-4-6-23-22(24)5-7-26-10-11-28-14-15-30-18-19-32-21-20-31-17-16-29-13-12-27-9-8-25-2;1-2-3-4-16-22(8,9)18-24(12,13)20-25(14,15)19-23(10,11)17-21(5,6)7;/h3-21H2,1-2H3,(H,23,24);2-4H2,1H3,(H,8,9)(H,10,11)(H,12,13)(H,14,15)(H2,5,6,7);1H4. The molecule has 31 heteroatoms. The first-order valence-electron chi connectivity index (χ1n) is 17.4. The lowest BCUT2D eigenvalue weighted by atomic mass is 10.3. The lowest BCUT2D eigenvalue weighted by Crippen LogP contribution is -2.25. The summed E-state index contributed by atoms with van der Waals surface area (Å²) in [5.74, 6) is 0.0335. The first-order valence-corrected chi connectivity index (χ1v) is 24.9. The van der Waals surface area contributed by atoms with Crippen LogP contribution in [0, 0.1) is 0 Å². The van der Waals surface area contributed by atoms with Gasteiger partial charge >= 0.3 is 39.1 Å². The fourth-order valence-electron chi connectivity index (χ4n) is 3.14. The van der Waals surface area contributed by atoms with E-state index in [1.165, 1.54) is 0 Å². The number of unbranched alkanes of at least 4 members (excludes halogenated alkanes) is 2. The SMILES string of the molecule is C.CCCCNC(=O)CCOCCOCCOCCOCCOCCOCCOCCOC.CCCCOP(=O)(O)OP(=O)(O)OP(=O)(O)OP(=O)(O)OP(=O)(O)O. The lowest BCUT2D eigenvalue weighted by Gasteiger charge is -2.19. The molecule has 0 heterocycles. The molecule has 0 fully saturated rings. The van der Waals surface area contributed by atoms with E-state index >= 15 is 0 Å². The quantitative estimate of drug-likeness (QED) is 0.0344. The van der Waals surface area contributed by atoms with Crippen molar-refractivity contribution in [2.24, 2.45) is 0 Å². The zero-order valence-electron chi connectivity index (χ0n) is 32.2. The van der Waals surface area contributed by atoms with Crippen molar-refractivity contribution < 1.29 is 117 Å². The van der Waals surface area contributed by atoms with Gasteiger partial charge in [-0.2, -0.15) is 17.2 Å². The van der Waals surface area contributed by atoms with Crippen molar-refractivity contribution >= 4 is 45.0 Å². The van der Waals surface area contributed by atoms with Gasteiger partial charge in [0, 0.05) is 20.1 Å². The molecule has 0 aliphatic heterocycles. The molecule has 4 unspecified atom stereocenters. The van der Waals surface area contributed by atoms with Gasteiger partial charge in [-0.3, -0.25) is 9.32 Å². The number of hydrogen-bond acceptors (Lipinski definition) is 19. The van der Waals surface area contributed by atoms with Crippen LogP contribution in [0.25, 0.3) is 0 Å². The molecule has 58 heavy (non-hydrogen) atoms. The van der Waals surface area contributed by atoms with Crippen molar-refractivity contribution in [3.05, 3.63) is 0 Å². The summed E-state index contributed by atoms with van der Waals surface area (Å²) in [6.45, 7) is 11.9. The molecular formula is C27H64NO25P5. The Bertz CT molecular complexity index is 1240. The molecule has 7 N–H and O–H groups in total. The summed E-state index contributed by atoms with van der Waals surface area (Å²) in [5.41, 5.74) is 0. The summed E-state index contributed by atoms with van der Waals surface area (Å²) < 4.78 is 116. The molecule has 0 aromatic carbocycles. The monoisotopic (exact) mass is 957 g/mol. The Balaban J connectivity index is -0.00000106. The van der Waals surface area contributed by atoms with E-state index in [1.807, 2.05) is 0 Å². The molecule has 0 aromatic heterocycles. The van der Waals surface area contributed by atoms with Gasteiger partial charge in [-0.25, -0.2) is 22.8 Å². The van der Waals surface area contributed by atoms with Crippen molar-refractivity contribution in [3.8, 4) is 0 Å². The number of ether oxygens (including phenoxy) is 8. The van der Waals surface area contributed by atoms with Crippen LogP contribution in [-0.2, 0) is 87.3 Å². The van der Waals surface area contributed by atoms with E-state index in [0.717, 1.165) is 19.4 Å². The smallest absolute Gasteiger partial charge is 0.382 e. The van der Waals surface area contributed by atoms with Gasteiger partial charge < -0.3 is 72.6 Å². The van der Waals surface area contributed by atoms with Crippen molar-refractivity contribution in [3.63, 3.8) is 0 Å². The summed E-state index contributed by atoms with van der Waals surface area (Å²) in [7, 11) is -27.1. The summed E-state index contributed by atoms with van der Waals surface area (Å²) in [5, 5.41) is 2.85. The highest BCUT2D eigenvalue weighted by atomic mass is 31.3.